The van der Waals surface area contributed by atoms with Crippen molar-refractivity contribution in [1.82, 2.24) is 4.31 Å². The first-order valence-electron chi connectivity index (χ1n) is 9.47. The van der Waals surface area contributed by atoms with Crippen molar-refractivity contribution in [2.75, 3.05) is 32.6 Å². The lowest BCUT2D eigenvalue weighted by Crippen LogP contribution is -2.44. The lowest BCUT2D eigenvalue weighted by atomic mass is 9.98. The molecule has 2 aromatic rings. The quantitative estimate of drug-likeness (QED) is 0.747. The molecule has 1 aliphatic rings. The minimum absolute atomic E-state index is 0.0577. The summed E-state index contributed by atoms with van der Waals surface area (Å²) in [6.45, 7) is 0.629. The third-order valence-corrected chi connectivity index (χ3v) is 6.81. The molecule has 0 saturated carbocycles. The van der Waals surface area contributed by atoms with Crippen molar-refractivity contribution in [3.8, 4) is 11.5 Å². The first kappa shape index (κ1) is 21.1. The molecule has 0 aromatic heterocycles. The maximum absolute atomic E-state index is 12.8. The van der Waals surface area contributed by atoms with Crippen LogP contribution in [0.5, 0.6) is 11.5 Å². The summed E-state index contributed by atoms with van der Waals surface area (Å²) < 4.78 is 37.5. The Labute approximate surface area is 171 Å². The third kappa shape index (κ3) is 5.27. The molecule has 1 fully saturated rings. The number of hydrogen-bond acceptors (Lipinski definition) is 5. The standard InChI is InChI=1S/C21H26N2O5S/c1-27-19-11-10-18(13-20(19)28-2)22-21(24)17-9-6-12-23(14-17)29(25,26)15-16-7-4-3-5-8-16/h3-5,7-8,10-11,13,17H,6,9,12,14-15H2,1-2H3,(H,22,24)/t17-/m1/s1. The molecule has 1 aliphatic heterocycles. The van der Waals surface area contributed by atoms with Gasteiger partial charge in [-0.15, -0.1) is 0 Å². The molecule has 0 spiro atoms. The summed E-state index contributed by atoms with van der Waals surface area (Å²) in [4.78, 5) is 12.7. The van der Waals surface area contributed by atoms with Crippen LogP contribution in [0.25, 0.3) is 0 Å². The Morgan fingerprint density at radius 3 is 2.52 bits per heavy atom. The first-order valence-corrected chi connectivity index (χ1v) is 11.1. The third-order valence-electron chi connectivity index (χ3n) is 4.99. The molecule has 7 nitrogen and oxygen atoms in total. The number of ether oxygens (including phenoxy) is 2. The Kier molecular flexibility index (Phi) is 6.76. The van der Waals surface area contributed by atoms with E-state index in [0.29, 0.717) is 36.6 Å². The Morgan fingerprint density at radius 2 is 1.83 bits per heavy atom. The van der Waals surface area contributed by atoms with Gasteiger partial charge in [0, 0.05) is 24.8 Å². The number of methoxy groups -OCH3 is 2. The number of hydrogen-bond donors (Lipinski definition) is 1. The number of piperidine rings is 1. The zero-order chi connectivity index (χ0) is 20.9. The van der Waals surface area contributed by atoms with Gasteiger partial charge in [-0.3, -0.25) is 4.79 Å². The van der Waals surface area contributed by atoms with Crippen molar-refractivity contribution in [3.05, 3.63) is 54.1 Å². The van der Waals surface area contributed by atoms with E-state index in [-0.39, 0.29) is 18.2 Å². The van der Waals surface area contributed by atoms with Gasteiger partial charge in [-0.25, -0.2) is 12.7 Å². The van der Waals surface area contributed by atoms with E-state index in [2.05, 4.69) is 5.32 Å². The smallest absolute Gasteiger partial charge is 0.228 e. The van der Waals surface area contributed by atoms with E-state index >= 15 is 0 Å². The van der Waals surface area contributed by atoms with Crippen LogP contribution in [0.2, 0.25) is 0 Å². The normalized spacial score (nSPS) is 17.5. The average Bonchev–Trinajstić information content (AvgIpc) is 2.74. The molecule has 3 rings (SSSR count). The Bertz CT molecular complexity index is 947. The summed E-state index contributed by atoms with van der Waals surface area (Å²) in [5, 5.41) is 2.86. The van der Waals surface area contributed by atoms with Crippen molar-refractivity contribution < 1.29 is 22.7 Å². The lowest BCUT2D eigenvalue weighted by Gasteiger charge is -2.31. The van der Waals surface area contributed by atoms with Crippen molar-refractivity contribution in [3.63, 3.8) is 0 Å². The van der Waals surface area contributed by atoms with Crippen molar-refractivity contribution in [2.45, 2.75) is 18.6 Å². The second-order valence-electron chi connectivity index (χ2n) is 7.00. The molecule has 0 aliphatic carbocycles. The molecule has 0 unspecified atom stereocenters. The van der Waals surface area contributed by atoms with E-state index in [1.165, 1.54) is 11.4 Å². The van der Waals surface area contributed by atoms with Crippen LogP contribution in [-0.4, -0.2) is 45.9 Å². The van der Waals surface area contributed by atoms with Crippen molar-refractivity contribution in [2.24, 2.45) is 5.92 Å². The fourth-order valence-electron chi connectivity index (χ4n) is 3.44. The van der Waals surface area contributed by atoms with Crippen LogP contribution in [0.3, 0.4) is 0 Å². The fraction of sp³-hybridized carbons (Fsp3) is 0.381. The van der Waals surface area contributed by atoms with Gasteiger partial charge in [0.25, 0.3) is 0 Å². The number of nitrogens with zero attached hydrogens (tertiary/aromatic N) is 1. The van der Waals surface area contributed by atoms with E-state index in [4.69, 9.17) is 9.47 Å². The van der Waals surface area contributed by atoms with Gasteiger partial charge in [0.2, 0.25) is 15.9 Å². The monoisotopic (exact) mass is 418 g/mol. The zero-order valence-corrected chi connectivity index (χ0v) is 17.4. The molecule has 0 bridgehead atoms. The van der Waals surface area contributed by atoms with Crippen LogP contribution in [0.4, 0.5) is 5.69 Å². The van der Waals surface area contributed by atoms with Crippen LogP contribution in [0.15, 0.2) is 48.5 Å². The van der Waals surface area contributed by atoms with Crippen LogP contribution in [0.1, 0.15) is 18.4 Å². The molecule has 1 amide bonds. The molecule has 1 heterocycles. The van der Waals surface area contributed by atoms with Gasteiger partial charge in [0.1, 0.15) is 0 Å². The summed E-state index contributed by atoms with van der Waals surface area (Å²) in [6.07, 6.45) is 1.30. The SMILES string of the molecule is COc1ccc(NC(=O)[C@@H]2CCCN(S(=O)(=O)Cc3ccccc3)C2)cc1OC. The molecular weight excluding hydrogens is 392 g/mol. The van der Waals surface area contributed by atoms with Crippen LogP contribution < -0.4 is 14.8 Å². The average molecular weight is 419 g/mol. The number of amides is 1. The summed E-state index contributed by atoms with van der Waals surface area (Å²) in [5.74, 6) is 0.430. The molecule has 8 heteroatoms. The van der Waals surface area contributed by atoms with E-state index in [9.17, 15) is 13.2 Å². The van der Waals surface area contributed by atoms with Gasteiger partial charge in [0.05, 0.1) is 25.9 Å². The molecule has 156 valence electrons. The molecule has 0 radical (unpaired) electrons. The van der Waals surface area contributed by atoms with Crippen molar-refractivity contribution >= 4 is 21.6 Å². The summed E-state index contributed by atoms with van der Waals surface area (Å²) >= 11 is 0. The number of benzene rings is 2. The highest BCUT2D eigenvalue weighted by Gasteiger charge is 2.32. The van der Waals surface area contributed by atoms with Crippen LogP contribution in [-0.2, 0) is 20.6 Å². The van der Waals surface area contributed by atoms with Gasteiger partial charge in [0.15, 0.2) is 11.5 Å². The molecule has 2 aromatic carbocycles. The van der Waals surface area contributed by atoms with Gasteiger partial charge in [-0.05, 0) is 30.5 Å². The summed E-state index contributed by atoms with van der Waals surface area (Å²) in [5.41, 5.74) is 1.32. The van der Waals surface area contributed by atoms with Crippen LogP contribution in [0, 0.1) is 5.92 Å². The van der Waals surface area contributed by atoms with Gasteiger partial charge in [-0.1, -0.05) is 30.3 Å². The second-order valence-corrected chi connectivity index (χ2v) is 8.97. The van der Waals surface area contributed by atoms with E-state index < -0.39 is 15.9 Å². The number of carbonyl (C=O) groups is 1. The number of rotatable bonds is 7. The molecule has 1 N–H and O–H groups in total. The van der Waals surface area contributed by atoms with Crippen molar-refractivity contribution in [1.29, 1.82) is 0 Å². The van der Waals surface area contributed by atoms with E-state index in [0.717, 1.165) is 5.56 Å². The second kappa shape index (κ2) is 9.28. The van der Waals surface area contributed by atoms with Gasteiger partial charge >= 0.3 is 0 Å². The van der Waals surface area contributed by atoms with Gasteiger partial charge < -0.3 is 14.8 Å². The highest BCUT2D eigenvalue weighted by Crippen LogP contribution is 2.30. The summed E-state index contributed by atoms with van der Waals surface area (Å²) in [6, 6.07) is 14.2. The zero-order valence-electron chi connectivity index (χ0n) is 16.6. The van der Waals surface area contributed by atoms with Crippen LogP contribution >= 0.6 is 0 Å². The predicted octanol–water partition coefficient (Wildman–Crippen LogP) is 2.88. The lowest BCUT2D eigenvalue weighted by molar-refractivity contribution is -0.120. The topological polar surface area (TPSA) is 84.9 Å². The van der Waals surface area contributed by atoms with E-state index in [1.807, 2.05) is 18.2 Å². The Balaban J connectivity index is 1.66. The molecule has 1 atom stereocenters. The predicted molar refractivity (Wildman–Crippen MR) is 112 cm³/mol. The maximum Gasteiger partial charge on any atom is 0.228 e. The molecule has 1 saturated heterocycles. The molecule has 29 heavy (non-hydrogen) atoms. The molecular formula is C21H26N2O5S. The highest BCUT2D eigenvalue weighted by molar-refractivity contribution is 7.88. The maximum atomic E-state index is 12.8. The number of carbonyl (C=O) groups excluding carboxylic acids is 1. The minimum Gasteiger partial charge on any atom is -0.493 e. The Hall–Kier alpha value is -2.58. The minimum atomic E-state index is -3.48. The first-order chi connectivity index (χ1) is 13.9. The number of sulfonamides is 1. The van der Waals surface area contributed by atoms with E-state index in [1.54, 1.807) is 37.4 Å². The summed E-state index contributed by atoms with van der Waals surface area (Å²) in [7, 11) is -0.406. The fourth-order valence-corrected chi connectivity index (χ4v) is 5.05. The Morgan fingerprint density at radius 1 is 1.10 bits per heavy atom. The largest absolute Gasteiger partial charge is 0.493 e. The van der Waals surface area contributed by atoms with Gasteiger partial charge in [-0.2, -0.15) is 0 Å². The number of anilines is 1. The highest BCUT2D eigenvalue weighted by atomic mass is 32.2. The number of nitrogens with one attached hydrogen (secondary N) is 1.